The molecule has 7 nitrogen and oxygen atoms in total. The molecule has 0 radical (unpaired) electrons. The number of aromatic nitrogens is 3. The number of hydrogen-bond acceptors (Lipinski definition) is 5. The molecule has 1 heterocycles. The van der Waals surface area contributed by atoms with Crippen molar-refractivity contribution in [3.05, 3.63) is 50.7 Å². The second-order valence-electron chi connectivity index (χ2n) is 3.83. The number of halogens is 1. The maximum Gasteiger partial charge on any atom is 0.490 e. The van der Waals surface area contributed by atoms with Gasteiger partial charge in [-0.2, -0.15) is 4.68 Å². The van der Waals surface area contributed by atoms with E-state index in [1.165, 1.54) is 11.0 Å². The van der Waals surface area contributed by atoms with Crippen molar-refractivity contribution in [3.8, 4) is 0 Å². The highest BCUT2D eigenvalue weighted by molar-refractivity contribution is 9.10. The molecule has 2 rings (SSSR count). The summed E-state index contributed by atoms with van der Waals surface area (Å²) >= 11 is 3.28. The molecule has 98 valence electrons. The van der Waals surface area contributed by atoms with Crippen LogP contribution in [0.5, 0.6) is 0 Å². The Morgan fingerprint density at radius 1 is 1.42 bits per heavy atom. The summed E-state index contributed by atoms with van der Waals surface area (Å²) in [6.45, 7) is 1.61. The zero-order valence-corrected chi connectivity index (χ0v) is 11.4. The molecule has 0 aliphatic carbocycles. The van der Waals surface area contributed by atoms with E-state index in [-0.39, 0.29) is 5.78 Å². The topological polar surface area (TPSA) is 90.9 Å². The van der Waals surface area contributed by atoms with Gasteiger partial charge in [0.1, 0.15) is 6.04 Å². The molecule has 0 aliphatic heterocycles. The molecule has 19 heavy (non-hydrogen) atoms. The minimum Gasteiger partial charge on any atom is -0.390 e. The fourth-order valence-corrected chi connectivity index (χ4v) is 1.78. The Labute approximate surface area is 116 Å². The van der Waals surface area contributed by atoms with Gasteiger partial charge in [0.2, 0.25) is 6.33 Å². The molecule has 0 N–H and O–H groups in total. The van der Waals surface area contributed by atoms with Gasteiger partial charge in [0.05, 0.1) is 0 Å². The molecule has 1 atom stereocenters. The molecule has 0 amide bonds. The van der Waals surface area contributed by atoms with Crippen LogP contribution in [0.15, 0.2) is 35.1 Å². The third-order valence-electron chi connectivity index (χ3n) is 2.56. The Morgan fingerprint density at radius 3 is 2.58 bits per heavy atom. The lowest BCUT2D eigenvalue weighted by Gasteiger charge is -2.07. The van der Waals surface area contributed by atoms with Crippen molar-refractivity contribution < 1.29 is 9.72 Å². The minimum absolute atomic E-state index is 0.188. The van der Waals surface area contributed by atoms with E-state index in [9.17, 15) is 14.9 Å². The molecule has 1 aromatic heterocycles. The smallest absolute Gasteiger partial charge is 0.390 e. The van der Waals surface area contributed by atoms with E-state index in [4.69, 9.17) is 0 Å². The predicted molar refractivity (Wildman–Crippen MR) is 69.9 cm³/mol. The van der Waals surface area contributed by atoms with Crippen LogP contribution in [0.4, 0.5) is 5.95 Å². The molecule has 0 bridgehead atoms. The number of nitro groups is 1. The Kier molecular flexibility index (Phi) is 3.70. The molecule has 0 fully saturated rings. The van der Waals surface area contributed by atoms with E-state index in [1.807, 2.05) is 0 Å². The molecule has 0 spiro atoms. The number of carbonyl (C=O) groups excluding carboxylic acids is 1. The van der Waals surface area contributed by atoms with E-state index < -0.39 is 16.9 Å². The van der Waals surface area contributed by atoms with Crippen LogP contribution in [-0.2, 0) is 0 Å². The van der Waals surface area contributed by atoms with Crippen LogP contribution in [0.25, 0.3) is 0 Å². The molecule has 0 saturated heterocycles. The van der Waals surface area contributed by atoms with Gasteiger partial charge in [-0.15, -0.1) is 0 Å². The summed E-state index contributed by atoms with van der Waals surface area (Å²) < 4.78 is 2.05. The SMILES string of the molecule is CC(C(=O)c1ccc(Br)cc1)n1cnc([N+](=O)[O-])n1. The van der Waals surface area contributed by atoms with Crippen molar-refractivity contribution in [2.24, 2.45) is 0 Å². The molecule has 8 heteroatoms. The van der Waals surface area contributed by atoms with E-state index in [1.54, 1.807) is 31.2 Å². The first-order chi connectivity index (χ1) is 8.99. The average molecular weight is 325 g/mol. The summed E-state index contributed by atoms with van der Waals surface area (Å²) in [4.78, 5) is 25.5. The van der Waals surface area contributed by atoms with Gasteiger partial charge in [-0.05, 0) is 24.0 Å². The fourth-order valence-electron chi connectivity index (χ4n) is 1.51. The maximum atomic E-state index is 12.2. The summed E-state index contributed by atoms with van der Waals surface area (Å²) in [6, 6.07) is 6.21. The van der Waals surface area contributed by atoms with E-state index in [2.05, 4.69) is 26.0 Å². The lowest BCUT2D eigenvalue weighted by Crippen LogP contribution is -2.17. The third kappa shape index (κ3) is 2.84. The van der Waals surface area contributed by atoms with Crippen molar-refractivity contribution in [1.82, 2.24) is 14.8 Å². The summed E-state index contributed by atoms with van der Waals surface area (Å²) in [7, 11) is 0. The quantitative estimate of drug-likeness (QED) is 0.489. The standard InChI is InChI=1S/C11H9BrN4O3/c1-7(15-6-13-11(14-15)16(18)19)10(17)8-2-4-9(12)5-3-8/h2-7H,1H3. The van der Waals surface area contributed by atoms with Gasteiger partial charge >= 0.3 is 5.95 Å². The molecule has 1 unspecified atom stereocenters. The first kappa shape index (κ1) is 13.3. The maximum absolute atomic E-state index is 12.2. The van der Waals surface area contributed by atoms with E-state index in [0.717, 1.165) is 4.47 Å². The first-order valence-electron chi connectivity index (χ1n) is 5.34. The van der Waals surface area contributed by atoms with Crippen LogP contribution in [0.1, 0.15) is 23.3 Å². The van der Waals surface area contributed by atoms with Gasteiger partial charge in [0.15, 0.2) is 5.78 Å². The van der Waals surface area contributed by atoms with Crippen LogP contribution < -0.4 is 0 Å². The molecular formula is C11H9BrN4O3. The fraction of sp³-hybridized carbons (Fsp3) is 0.182. The molecule has 1 aromatic carbocycles. The molecule has 0 aliphatic rings. The number of benzene rings is 1. The number of Topliss-reactive ketones (excluding diaryl/α,β-unsaturated/α-hetero) is 1. The second kappa shape index (κ2) is 5.27. The zero-order valence-electron chi connectivity index (χ0n) is 9.86. The van der Waals surface area contributed by atoms with Crippen LogP contribution in [0.2, 0.25) is 0 Å². The Balaban J connectivity index is 2.22. The van der Waals surface area contributed by atoms with Crippen molar-refractivity contribution in [3.63, 3.8) is 0 Å². The van der Waals surface area contributed by atoms with Crippen molar-refractivity contribution >= 4 is 27.7 Å². The Hall–Kier alpha value is -2.09. The van der Waals surface area contributed by atoms with E-state index >= 15 is 0 Å². The van der Waals surface area contributed by atoms with Gasteiger partial charge in [-0.25, -0.2) is 0 Å². The third-order valence-corrected chi connectivity index (χ3v) is 3.09. The number of rotatable bonds is 4. The summed E-state index contributed by atoms with van der Waals surface area (Å²) in [5.41, 5.74) is 0.508. The minimum atomic E-state index is -0.701. The van der Waals surface area contributed by atoms with Gasteiger partial charge in [-0.3, -0.25) is 4.79 Å². The van der Waals surface area contributed by atoms with Gasteiger partial charge < -0.3 is 10.1 Å². The highest BCUT2D eigenvalue weighted by Gasteiger charge is 2.23. The summed E-state index contributed by atoms with van der Waals surface area (Å²) in [6.07, 6.45) is 1.18. The number of nitrogens with zero attached hydrogens (tertiary/aromatic N) is 4. The first-order valence-corrected chi connectivity index (χ1v) is 6.13. The molecule has 0 saturated carbocycles. The van der Waals surface area contributed by atoms with Crippen LogP contribution >= 0.6 is 15.9 Å². The van der Waals surface area contributed by atoms with Crippen molar-refractivity contribution in [2.75, 3.05) is 0 Å². The molecule has 2 aromatic rings. The highest BCUT2D eigenvalue weighted by Crippen LogP contribution is 2.17. The molecular weight excluding hydrogens is 316 g/mol. The van der Waals surface area contributed by atoms with Crippen molar-refractivity contribution in [1.29, 1.82) is 0 Å². The van der Waals surface area contributed by atoms with Gasteiger partial charge in [0.25, 0.3) is 0 Å². The monoisotopic (exact) mass is 324 g/mol. The zero-order chi connectivity index (χ0) is 14.0. The van der Waals surface area contributed by atoms with Gasteiger partial charge in [0, 0.05) is 15.1 Å². The average Bonchev–Trinajstić information content (AvgIpc) is 2.87. The van der Waals surface area contributed by atoms with Crippen LogP contribution in [0.3, 0.4) is 0 Å². The Morgan fingerprint density at radius 2 is 2.05 bits per heavy atom. The lowest BCUT2D eigenvalue weighted by molar-refractivity contribution is -0.394. The van der Waals surface area contributed by atoms with Gasteiger partial charge in [-0.1, -0.05) is 33.0 Å². The number of carbonyl (C=O) groups is 1. The second-order valence-corrected chi connectivity index (χ2v) is 4.74. The van der Waals surface area contributed by atoms with Crippen molar-refractivity contribution in [2.45, 2.75) is 13.0 Å². The number of ketones is 1. The lowest BCUT2D eigenvalue weighted by atomic mass is 10.1. The summed E-state index contributed by atoms with van der Waals surface area (Å²) in [5.74, 6) is -0.706. The Bertz CT molecular complexity index is 623. The predicted octanol–water partition coefficient (Wildman–Crippen LogP) is 2.39. The largest absolute Gasteiger partial charge is 0.490 e. The van der Waals surface area contributed by atoms with E-state index in [0.29, 0.717) is 5.56 Å². The van der Waals surface area contributed by atoms with Crippen LogP contribution in [-0.4, -0.2) is 25.5 Å². The summed E-state index contributed by atoms with van der Waals surface area (Å²) in [5, 5.41) is 14.1. The number of hydrogen-bond donors (Lipinski definition) is 0. The normalized spacial score (nSPS) is 12.1. The van der Waals surface area contributed by atoms with Crippen LogP contribution in [0, 0.1) is 10.1 Å². The highest BCUT2D eigenvalue weighted by atomic mass is 79.9.